The van der Waals surface area contributed by atoms with Crippen LogP contribution in [0.15, 0.2) is 60.7 Å². The monoisotopic (exact) mass is 518 g/mol. The van der Waals surface area contributed by atoms with Gasteiger partial charge in [0.2, 0.25) is 12.3 Å². The summed E-state index contributed by atoms with van der Waals surface area (Å²) in [5.74, 6) is 0.280. The van der Waals surface area contributed by atoms with Crippen molar-refractivity contribution in [2.24, 2.45) is 5.92 Å². The number of carbonyl (C=O) groups excluding carboxylic acids is 3. The van der Waals surface area contributed by atoms with Crippen LogP contribution in [0.3, 0.4) is 0 Å². The summed E-state index contributed by atoms with van der Waals surface area (Å²) in [7, 11) is 1.66. The van der Waals surface area contributed by atoms with Gasteiger partial charge < -0.3 is 20.4 Å². The summed E-state index contributed by atoms with van der Waals surface area (Å²) < 4.78 is 0. The molecule has 1 heterocycles. The van der Waals surface area contributed by atoms with E-state index in [-0.39, 0.29) is 24.9 Å². The van der Waals surface area contributed by atoms with Crippen molar-refractivity contribution in [2.45, 2.75) is 54.1 Å². The van der Waals surface area contributed by atoms with Crippen LogP contribution in [0.4, 0.5) is 11.4 Å². The molecule has 1 aliphatic rings. The standard InChI is InChI=1S/C25H26N4O3.C4H10.C2H6/c1-17-11-12-18-7-3-4-8-19(18)20(17)14-29-23-10-6-5-9-22(23)28(16-30)15-21(25(29)32)27-24(31)13-26-2;1-4(2)3;1-2/h3-12,16,21,26H,13-15H2,1-2H3,(H,27,31);4H,1-3H3;1-2H3. The lowest BCUT2D eigenvalue weighted by Gasteiger charge is -2.27. The number of nitrogens with one attached hydrogen (secondary N) is 2. The first-order valence-electron chi connectivity index (χ1n) is 13.3. The summed E-state index contributed by atoms with van der Waals surface area (Å²) in [6, 6.07) is 18.7. The third-order valence-corrected chi connectivity index (χ3v) is 5.82. The Kier molecular flexibility index (Phi) is 12.0. The van der Waals surface area contributed by atoms with E-state index in [1.165, 1.54) is 4.90 Å². The Hall–Kier alpha value is -3.71. The second kappa shape index (κ2) is 14.9. The van der Waals surface area contributed by atoms with Crippen molar-refractivity contribution in [3.63, 3.8) is 0 Å². The molecule has 0 radical (unpaired) electrons. The number of nitrogens with zero attached hydrogens (tertiary/aromatic N) is 2. The highest BCUT2D eigenvalue weighted by Gasteiger charge is 2.35. The Balaban J connectivity index is 0.000000773. The number of fused-ring (bicyclic) bond motifs is 2. The maximum absolute atomic E-state index is 13.7. The minimum atomic E-state index is -0.858. The van der Waals surface area contributed by atoms with Gasteiger partial charge in [-0.2, -0.15) is 0 Å². The summed E-state index contributed by atoms with van der Waals surface area (Å²) in [4.78, 5) is 41.1. The Morgan fingerprint density at radius 1 is 1.00 bits per heavy atom. The van der Waals surface area contributed by atoms with E-state index < -0.39 is 6.04 Å². The molecular formula is C31H42N4O3. The molecule has 7 nitrogen and oxygen atoms in total. The molecule has 0 saturated heterocycles. The first-order chi connectivity index (χ1) is 18.3. The molecule has 3 aromatic carbocycles. The molecule has 2 N–H and O–H groups in total. The van der Waals surface area contributed by atoms with Gasteiger partial charge in [-0.1, -0.05) is 83.1 Å². The molecule has 204 valence electrons. The number of hydrogen-bond donors (Lipinski definition) is 2. The number of aryl methyl sites for hydroxylation is 1. The van der Waals surface area contributed by atoms with Crippen LogP contribution < -0.4 is 20.4 Å². The molecule has 1 atom stereocenters. The molecule has 3 amide bonds. The van der Waals surface area contributed by atoms with Gasteiger partial charge in [0.05, 0.1) is 31.0 Å². The van der Waals surface area contributed by atoms with Crippen LogP contribution in [0.5, 0.6) is 0 Å². The van der Waals surface area contributed by atoms with E-state index in [9.17, 15) is 14.4 Å². The van der Waals surface area contributed by atoms with Gasteiger partial charge in [0.25, 0.3) is 5.91 Å². The number of likely N-dealkylation sites (N-methyl/N-ethyl adjacent to an activating group) is 1. The smallest absolute Gasteiger partial charge is 0.251 e. The largest absolute Gasteiger partial charge is 0.342 e. The average Bonchev–Trinajstić information content (AvgIpc) is 3.01. The van der Waals surface area contributed by atoms with Crippen molar-refractivity contribution in [1.82, 2.24) is 10.6 Å². The van der Waals surface area contributed by atoms with E-state index in [4.69, 9.17) is 0 Å². The Labute approximate surface area is 227 Å². The first kappa shape index (κ1) is 30.5. The van der Waals surface area contributed by atoms with Crippen LogP contribution >= 0.6 is 0 Å². The van der Waals surface area contributed by atoms with Crippen molar-refractivity contribution < 1.29 is 14.4 Å². The highest BCUT2D eigenvalue weighted by atomic mass is 16.2. The zero-order valence-electron chi connectivity index (χ0n) is 23.7. The van der Waals surface area contributed by atoms with E-state index in [1.54, 1.807) is 11.9 Å². The second-order valence-corrected chi connectivity index (χ2v) is 9.64. The number of amides is 3. The van der Waals surface area contributed by atoms with Gasteiger partial charge in [-0.25, -0.2) is 0 Å². The minimum Gasteiger partial charge on any atom is -0.342 e. The summed E-state index contributed by atoms with van der Waals surface area (Å²) in [6.45, 7) is 13.0. The predicted octanol–water partition coefficient (Wildman–Crippen LogP) is 5.05. The topological polar surface area (TPSA) is 81.8 Å². The lowest BCUT2D eigenvalue weighted by molar-refractivity contribution is -0.127. The zero-order valence-corrected chi connectivity index (χ0v) is 23.7. The summed E-state index contributed by atoms with van der Waals surface area (Å²) in [5, 5.41) is 7.74. The van der Waals surface area contributed by atoms with Gasteiger partial charge in [0, 0.05) is 0 Å². The van der Waals surface area contributed by atoms with Crippen LogP contribution in [0, 0.1) is 12.8 Å². The lowest BCUT2D eigenvalue weighted by Crippen LogP contribution is -2.53. The van der Waals surface area contributed by atoms with Crippen molar-refractivity contribution >= 4 is 40.4 Å². The van der Waals surface area contributed by atoms with Crippen LogP contribution in [0.25, 0.3) is 10.8 Å². The molecule has 0 aliphatic carbocycles. The van der Waals surface area contributed by atoms with Gasteiger partial charge in [-0.3, -0.25) is 14.4 Å². The fourth-order valence-corrected chi connectivity index (χ4v) is 4.20. The number of anilines is 2. The minimum absolute atomic E-state index is 0.0693. The van der Waals surface area contributed by atoms with Gasteiger partial charge in [0.15, 0.2) is 0 Å². The highest BCUT2D eigenvalue weighted by molar-refractivity contribution is 6.06. The molecule has 38 heavy (non-hydrogen) atoms. The van der Waals surface area contributed by atoms with Crippen molar-refractivity contribution in [1.29, 1.82) is 0 Å². The maximum atomic E-state index is 13.7. The molecule has 0 spiro atoms. The third-order valence-electron chi connectivity index (χ3n) is 5.82. The number of carbonyl (C=O) groups is 3. The van der Waals surface area contributed by atoms with E-state index >= 15 is 0 Å². The molecular weight excluding hydrogens is 476 g/mol. The van der Waals surface area contributed by atoms with E-state index in [1.807, 2.05) is 63.2 Å². The molecule has 3 aromatic rings. The van der Waals surface area contributed by atoms with Crippen LogP contribution in [0.2, 0.25) is 0 Å². The SMILES string of the molecule is CC.CC(C)C.CNCC(=O)NC1CN(C=O)c2ccccc2N(Cc2c(C)ccc3ccccc23)C1=O. The normalized spacial score (nSPS) is 14.5. The fraction of sp³-hybridized carbons (Fsp3) is 0.387. The zero-order chi connectivity index (χ0) is 28.2. The fourth-order valence-electron chi connectivity index (χ4n) is 4.20. The highest BCUT2D eigenvalue weighted by Crippen LogP contribution is 2.34. The van der Waals surface area contributed by atoms with Gasteiger partial charge in [0.1, 0.15) is 6.04 Å². The van der Waals surface area contributed by atoms with Crippen molar-refractivity contribution in [3.05, 3.63) is 71.8 Å². The van der Waals surface area contributed by atoms with Crippen molar-refractivity contribution in [2.75, 3.05) is 29.9 Å². The number of benzene rings is 3. The molecule has 7 heteroatoms. The lowest BCUT2D eigenvalue weighted by atomic mass is 9.99. The molecule has 0 fully saturated rings. The molecule has 0 saturated carbocycles. The van der Waals surface area contributed by atoms with Crippen LogP contribution in [0.1, 0.15) is 45.7 Å². The summed E-state index contributed by atoms with van der Waals surface area (Å²) >= 11 is 0. The van der Waals surface area contributed by atoms with E-state index in [2.05, 4.69) is 49.6 Å². The van der Waals surface area contributed by atoms with E-state index in [0.717, 1.165) is 27.8 Å². The maximum Gasteiger partial charge on any atom is 0.251 e. The van der Waals surface area contributed by atoms with Gasteiger partial charge >= 0.3 is 0 Å². The van der Waals surface area contributed by atoms with Gasteiger partial charge in [-0.15, -0.1) is 0 Å². The summed E-state index contributed by atoms with van der Waals surface area (Å²) in [5.41, 5.74) is 3.38. The molecule has 0 bridgehead atoms. The number of para-hydroxylation sites is 2. The van der Waals surface area contributed by atoms with E-state index in [0.29, 0.717) is 24.3 Å². The quantitative estimate of drug-likeness (QED) is 0.448. The molecule has 4 rings (SSSR count). The second-order valence-electron chi connectivity index (χ2n) is 9.64. The Morgan fingerprint density at radius 3 is 2.24 bits per heavy atom. The average molecular weight is 519 g/mol. The number of rotatable bonds is 6. The Bertz CT molecular complexity index is 1220. The molecule has 1 unspecified atom stereocenters. The van der Waals surface area contributed by atoms with Gasteiger partial charge in [-0.05, 0) is 53.9 Å². The third kappa shape index (κ3) is 7.65. The number of hydrogen-bond acceptors (Lipinski definition) is 4. The molecule has 0 aromatic heterocycles. The van der Waals surface area contributed by atoms with Crippen LogP contribution in [-0.4, -0.2) is 44.4 Å². The van der Waals surface area contributed by atoms with Crippen LogP contribution in [-0.2, 0) is 20.9 Å². The van der Waals surface area contributed by atoms with Crippen molar-refractivity contribution in [3.8, 4) is 0 Å². The molecule has 1 aliphatic heterocycles. The first-order valence-corrected chi connectivity index (χ1v) is 13.3. The Morgan fingerprint density at radius 2 is 1.61 bits per heavy atom. The summed E-state index contributed by atoms with van der Waals surface area (Å²) in [6.07, 6.45) is 0.704. The predicted molar refractivity (Wildman–Crippen MR) is 157 cm³/mol.